The number of aliphatic carboxylic acids is 1. The first-order chi connectivity index (χ1) is 7.66. The minimum absolute atomic E-state index is 0.141. The van der Waals surface area contributed by atoms with Crippen LogP contribution in [0.25, 0.3) is 0 Å². The number of hydrogen-bond acceptors (Lipinski definition) is 1. The summed E-state index contributed by atoms with van der Waals surface area (Å²) in [6.45, 7) is 6.71. The number of hydrogen-bond donors (Lipinski definition) is 1. The molecule has 0 saturated heterocycles. The van der Waals surface area contributed by atoms with Gasteiger partial charge in [-0.05, 0) is 49.9 Å². The van der Waals surface area contributed by atoms with E-state index in [2.05, 4.69) is 0 Å². The van der Waals surface area contributed by atoms with Gasteiger partial charge in [-0.3, -0.25) is 4.79 Å². The van der Waals surface area contributed by atoms with E-state index in [9.17, 15) is 13.6 Å². The highest BCUT2D eigenvalue weighted by Gasteiger charge is 2.38. The van der Waals surface area contributed by atoms with Crippen LogP contribution < -0.4 is 0 Å². The molecule has 0 aliphatic carbocycles. The second kappa shape index (κ2) is 4.43. The van der Waals surface area contributed by atoms with E-state index in [1.54, 1.807) is 27.7 Å². The highest BCUT2D eigenvalue weighted by molar-refractivity contribution is 5.68. The Bertz CT molecular complexity index is 439. The monoisotopic (exact) mass is 242 g/mol. The lowest BCUT2D eigenvalue weighted by Gasteiger charge is -2.22. The van der Waals surface area contributed by atoms with Gasteiger partial charge in [-0.1, -0.05) is 6.07 Å². The van der Waals surface area contributed by atoms with Crippen LogP contribution in [0.2, 0.25) is 0 Å². The van der Waals surface area contributed by atoms with Crippen LogP contribution in [0.4, 0.5) is 8.78 Å². The van der Waals surface area contributed by atoms with Crippen molar-refractivity contribution in [2.75, 3.05) is 0 Å². The van der Waals surface area contributed by atoms with E-state index in [-0.39, 0.29) is 5.56 Å². The molecule has 0 amide bonds. The topological polar surface area (TPSA) is 37.3 Å². The van der Waals surface area contributed by atoms with Crippen molar-refractivity contribution in [2.45, 2.75) is 40.0 Å². The lowest BCUT2D eigenvalue weighted by Crippen LogP contribution is -2.22. The molecule has 1 aromatic carbocycles. The number of alkyl halides is 2. The Balaban J connectivity index is 3.44. The number of aryl methyl sites for hydroxylation is 2. The third-order valence-corrected chi connectivity index (χ3v) is 3.11. The summed E-state index contributed by atoms with van der Waals surface area (Å²) in [6, 6.07) is 1.84. The molecule has 17 heavy (non-hydrogen) atoms. The van der Waals surface area contributed by atoms with Gasteiger partial charge in [-0.2, -0.15) is 0 Å². The Hall–Kier alpha value is -1.45. The van der Waals surface area contributed by atoms with Gasteiger partial charge >= 0.3 is 5.97 Å². The van der Waals surface area contributed by atoms with Gasteiger partial charge in [-0.15, -0.1) is 0 Å². The summed E-state index contributed by atoms with van der Waals surface area (Å²) in [6.07, 6.45) is -1.17. The largest absolute Gasteiger partial charge is 0.481 e. The fourth-order valence-corrected chi connectivity index (χ4v) is 2.04. The van der Waals surface area contributed by atoms with Crippen molar-refractivity contribution >= 4 is 5.97 Å². The highest BCUT2D eigenvalue weighted by Crippen LogP contribution is 2.38. The summed E-state index contributed by atoms with van der Waals surface area (Å²) in [5.41, 5.74) is 2.32. The number of carbonyl (C=O) groups is 1. The molecule has 4 heteroatoms. The van der Waals surface area contributed by atoms with Crippen LogP contribution in [0.1, 0.15) is 34.2 Å². The Morgan fingerprint density at radius 3 is 1.94 bits per heavy atom. The molecule has 1 rings (SSSR count). The van der Waals surface area contributed by atoms with Gasteiger partial charge in [0.2, 0.25) is 0 Å². The number of halogens is 2. The van der Waals surface area contributed by atoms with Crippen LogP contribution in [0.15, 0.2) is 6.07 Å². The third-order valence-electron chi connectivity index (χ3n) is 3.11. The van der Waals surface area contributed by atoms with Crippen molar-refractivity contribution in [2.24, 2.45) is 0 Å². The van der Waals surface area contributed by atoms with Crippen molar-refractivity contribution in [1.29, 1.82) is 0 Å². The number of benzene rings is 1. The molecule has 1 aromatic rings. The number of carboxylic acids is 1. The number of rotatable bonds is 3. The van der Waals surface area contributed by atoms with E-state index in [4.69, 9.17) is 5.11 Å². The molecule has 0 atom stereocenters. The summed E-state index contributed by atoms with van der Waals surface area (Å²) in [7, 11) is 0. The van der Waals surface area contributed by atoms with Crippen molar-refractivity contribution in [3.8, 4) is 0 Å². The fourth-order valence-electron chi connectivity index (χ4n) is 2.04. The van der Waals surface area contributed by atoms with Gasteiger partial charge in [0.15, 0.2) is 0 Å². The molecular weight excluding hydrogens is 226 g/mol. The second-order valence-corrected chi connectivity index (χ2v) is 4.41. The molecule has 1 N–H and O–H groups in total. The zero-order valence-electron chi connectivity index (χ0n) is 10.4. The molecule has 0 aliphatic rings. The maximum atomic E-state index is 13.9. The molecule has 0 spiro atoms. The van der Waals surface area contributed by atoms with Gasteiger partial charge in [0.25, 0.3) is 5.92 Å². The molecule has 0 fully saturated rings. The lowest BCUT2D eigenvalue weighted by molar-refractivity contribution is -0.145. The van der Waals surface area contributed by atoms with E-state index in [0.717, 1.165) is 11.1 Å². The molecule has 0 aliphatic heterocycles. The van der Waals surface area contributed by atoms with E-state index in [1.807, 2.05) is 6.07 Å². The van der Waals surface area contributed by atoms with E-state index < -0.39 is 18.3 Å². The highest BCUT2D eigenvalue weighted by atomic mass is 19.3. The average molecular weight is 242 g/mol. The first-order valence-electron chi connectivity index (χ1n) is 5.34. The van der Waals surface area contributed by atoms with Crippen LogP contribution in [-0.4, -0.2) is 11.1 Å². The van der Waals surface area contributed by atoms with Crippen LogP contribution in [-0.2, 0) is 10.7 Å². The SMILES string of the molecule is Cc1cc(C)c(C)c(C(F)(F)CC(=O)O)c1C. The van der Waals surface area contributed by atoms with Gasteiger partial charge in [0, 0.05) is 5.56 Å². The van der Waals surface area contributed by atoms with Crippen LogP contribution in [0, 0.1) is 27.7 Å². The van der Waals surface area contributed by atoms with Crippen LogP contribution in [0.3, 0.4) is 0 Å². The van der Waals surface area contributed by atoms with Gasteiger partial charge in [0.1, 0.15) is 6.42 Å². The first-order valence-corrected chi connectivity index (χ1v) is 5.34. The molecule has 2 nitrogen and oxygen atoms in total. The molecular formula is C13H16F2O2. The average Bonchev–Trinajstić information content (AvgIpc) is 2.12. The summed E-state index contributed by atoms with van der Waals surface area (Å²) < 4.78 is 27.8. The predicted molar refractivity (Wildman–Crippen MR) is 61.5 cm³/mol. The normalized spacial score (nSPS) is 11.6. The molecule has 0 radical (unpaired) electrons. The predicted octanol–water partition coefficient (Wildman–Crippen LogP) is 3.49. The maximum absolute atomic E-state index is 13.9. The number of carboxylic acid groups (broad SMARTS) is 1. The molecule has 0 aromatic heterocycles. The maximum Gasteiger partial charge on any atom is 0.309 e. The first kappa shape index (κ1) is 13.6. The van der Waals surface area contributed by atoms with Gasteiger partial charge < -0.3 is 5.11 Å². The third kappa shape index (κ3) is 2.62. The molecule has 0 saturated carbocycles. The minimum Gasteiger partial charge on any atom is -0.481 e. The molecule has 0 bridgehead atoms. The van der Waals surface area contributed by atoms with E-state index in [1.165, 1.54) is 0 Å². The van der Waals surface area contributed by atoms with Crippen molar-refractivity contribution in [3.63, 3.8) is 0 Å². The van der Waals surface area contributed by atoms with Crippen molar-refractivity contribution in [1.82, 2.24) is 0 Å². The van der Waals surface area contributed by atoms with Gasteiger partial charge in [0.05, 0.1) is 0 Å². The van der Waals surface area contributed by atoms with Crippen LogP contribution in [0.5, 0.6) is 0 Å². The summed E-state index contributed by atoms with van der Waals surface area (Å²) >= 11 is 0. The standard InChI is InChI=1S/C13H16F2O2/c1-7-5-8(2)10(4)12(9(7)3)13(14,15)6-11(16)17/h5H,6H2,1-4H3,(H,16,17). The quantitative estimate of drug-likeness (QED) is 0.881. The molecule has 0 unspecified atom stereocenters. The Labute approximate surface area is 99.3 Å². The van der Waals surface area contributed by atoms with Gasteiger partial charge in [-0.25, -0.2) is 8.78 Å². The smallest absolute Gasteiger partial charge is 0.309 e. The summed E-state index contributed by atoms with van der Waals surface area (Å²) in [4.78, 5) is 10.5. The lowest BCUT2D eigenvalue weighted by atomic mass is 9.89. The van der Waals surface area contributed by atoms with Crippen molar-refractivity contribution < 1.29 is 18.7 Å². The zero-order valence-corrected chi connectivity index (χ0v) is 10.4. The fraction of sp³-hybridized carbons (Fsp3) is 0.462. The Morgan fingerprint density at radius 2 is 1.59 bits per heavy atom. The zero-order chi connectivity index (χ0) is 13.4. The molecule has 94 valence electrons. The minimum atomic E-state index is -3.32. The Kier molecular flexibility index (Phi) is 3.55. The summed E-state index contributed by atoms with van der Waals surface area (Å²) in [5, 5.41) is 8.55. The second-order valence-electron chi connectivity index (χ2n) is 4.41. The van der Waals surface area contributed by atoms with E-state index in [0.29, 0.717) is 11.1 Å². The Morgan fingerprint density at radius 1 is 1.18 bits per heavy atom. The van der Waals surface area contributed by atoms with Crippen molar-refractivity contribution in [3.05, 3.63) is 33.9 Å². The summed E-state index contributed by atoms with van der Waals surface area (Å²) in [5.74, 6) is -4.82. The van der Waals surface area contributed by atoms with E-state index >= 15 is 0 Å². The van der Waals surface area contributed by atoms with Crippen LogP contribution >= 0.6 is 0 Å². The molecule has 0 heterocycles.